The van der Waals surface area contributed by atoms with E-state index in [0.29, 0.717) is 22.5 Å². The first-order valence-electron chi connectivity index (χ1n) is 13.0. The van der Waals surface area contributed by atoms with Gasteiger partial charge < -0.3 is 20.5 Å². The SMILES string of the molecule is Cc1cc(N2CCCCC2)ccc1C(Nc1ccc(-c2c[nH]cn2)cc1)=C1C(=O)Nc2ccc([N+](=O)[O-])cc21. The molecule has 39 heavy (non-hydrogen) atoms. The Morgan fingerprint density at radius 2 is 1.82 bits per heavy atom. The monoisotopic (exact) mass is 520 g/mol. The lowest BCUT2D eigenvalue weighted by Gasteiger charge is -2.29. The van der Waals surface area contributed by atoms with Crippen molar-refractivity contribution in [2.45, 2.75) is 26.2 Å². The zero-order valence-electron chi connectivity index (χ0n) is 21.5. The Kier molecular flexibility index (Phi) is 6.32. The molecule has 2 aliphatic heterocycles. The van der Waals surface area contributed by atoms with Gasteiger partial charge in [-0.15, -0.1) is 0 Å². The number of carbonyl (C=O) groups excluding carboxylic acids is 1. The Bertz CT molecular complexity index is 1590. The number of nitrogens with one attached hydrogen (secondary N) is 3. The number of nitro groups is 1. The minimum Gasteiger partial charge on any atom is -0.372 e. The van der Waals surface area contributed by atoms with E-state index in [2.05, 4.69) is 37.6 Å². The lowest BCUT2D eigenvalue weighted by molar-refractivity contribution is -0.384. The molecular weight excluding hydrogens is 492 g/mol. The number of piperidine rings is 1. The van der Waals surface area contributed by atoms with Crippen LogP contribution in [0.5, 0.6) is 0 Å². The van der Waals surface area contributed by atoms with Crippen LogP contribution in [0.4, 0.5) is 22.7 Å². The fraction of sp³-hybridized carbons (Fsp3) is 0.200. The van der Waals surface area contributed by atoms with Gasteiger partial charge in [0, 0.05) is 65.2 Å². The van der Waals surface area contributed by atoms with Crippen LogP contribution in [0.3, 0.4) is 0 Å². The molecule has 3 N–H and O–H groups in total. The predicted octanol–water partition coefficient (Wildman–Crippen LogP) is 6.22. The number of nitrogens with zero attached hydrogens (tertiary/aromatic N) is 3. The van der Waals surface area contributed by atoms with Crippen molar-refractivity contribution in [2.75, 3.05) is 28.6 Å². The maximum absolute atomic E-state index is 13.4. The number of fused-ring (bicyclic) bond motifs is 1. The quantitative estimate of drug-likeness (QED) is 0.158. The fourth-order valence-corrected chi connectivity index (χ4v) is 5.35. The van der Waals surface area contributed by atoms with E-state index in [1.165, 1.54) is 31.4 Å². The van der Waals surface area contributed by atoms with Gasteiger partial charge in [0.1, 0.15) is 0 Å². The van der Waals surface area contributed by atoms with Gasteiger partial charge in [0.05, 0.1) is 28.2 Å². The summed E-state index contributed by atoms with van der Waals surface area (Å²) in [6, 6.07) is 18.5. The molecule has 9 nitrogen and oxygen atoms in total. The number of benzene rings is 3. The third-order valence-corrected chi connectivity index (χ3v) is 7.36. The number of hydrogen-bond donors (Lipinski definition) is 3. The molecule has 1 fully saturated rings. The zero-order chi connectivity index (χ0) is 26.9. The first-order chi connectivity index (χ1) is 19.0. The van der Waals surface area contributed by atoms with Crippen molar-refractivity contribution in [2.24, 2.45) is 0 Å². The third-order valence-electron chi connectivity index (χ3n) is 7.36. The summed E-state index contributed by atoms with van der Waals surface area (Å²) < 4.78 is 0. The molecule has 2 aliphatic rings. The number of amides is 1. The number of nitro benzene ring substituents is 1. The number of aromatic amines is 1. The first kappa shape index (κ1) is 24.4. The first-order valence-corrected chi connectivity index (χ1v) is 13.0. The van der Waals surface area contributed by atoms with Gasteiger partial charge in [-0.3, -0.25) is 14.9 Å². The summed E-state index contributed by atoms with van der Waals surface area (Å²) >= 11 is 0. The molecule has 0 bridgehead atoms. The topological polar surface area (TPSA) is 116 Å². The minimum absolute atomic E-state index is 0.0670. The molecule has 0 radical (unpaired) electrons. The molecular formula is C30H28N6O3. The Labute approximate surface area is 225 Å². The summed E-state index contributed by atoms with van der Waals surface area (Å²) in [5, 5.41) is 17.9. The van der Waals surface area contributed by atoms with Crippen LogP contribution in [0.2, 0.25) is 0 Å². The molecule has 0 spiro atoms. The van der Waals surface area contributed by atoms with E-state index >= 15 is 0 Å². The summed E-state index contributed by atoms with van der Waals surface area (Å²) in [4.78, 5) is 34.1. The van der Waals surface area contributed by atoms with Crippen molar-refractivity contribution in [3.05, 3.63) is 100.0 Å². The number of rotatable bonds is 6. The number of anilines is 3. The molecule has 6 rings (SSSR count). The number of carbonyl (C=O) groups is 1. The number of hydrogen-bond acceptors (Lipinski definition) is 6. The predicted molar refractivity (Wildman–Crippen MR) is 153 cm³/mol. The van der Waals surface area contributed by atoms with Crippen molar-refractivity contribution in [1.82, 2.24) is 9.97 Å². The van der Waals surface area contributed by atoms with E-state index in [9.17, 15) is 14.9 Å². The number of aryl methyl sites for hydroxylation is 1. The van der Waals surface area contributed by atoms with Gasteiger partial charge in [-0.2, -0.15) is 0 Å². The van der Waals surface area contributed by atoms with E-state index < -0.39 is 4.92 Å². The third kappa shape index (κ3) is 4.74. The molecule has 3 heterocycles. The second kappa shape index (κ2) is 10.1. The highest BCUT2D eigenvalue weighted by Crippen LogP contribution is 2.40. The van der Waals surface area contributed by atoms with Crippen LogP contribution in [-0.2, 0) is 4.79 Å². The van der Waals surface area contributed by atoms with Gasteiger partial charge >= 0.3 is 0 Å². The van der Waals surface area contributed by atoms with Crippen LogP contribution in [-0.4, -0.2) is 33.9 Å². The van der Waals surface area contributed by atoms with Crippen LogP contribution < -0.4 is 15.5 Å². The van der Waals surface area contributed by atoms with Gasteiger partial charge in [-0.1, -0.05) is 18.2 Å². The van der Waals surface area contributed by atoms with Crippen molar-refractivity contribution >= 4 is 39.9 Å². The summed E-state index contributed by atoms with van der Waals surface area (Å²) in [7, 11) is 0. The number of aromatic nitrogens is 2. The average Bonchev–Trinajstić information content (AvgIpc) is 3.60. The summed E-state index contributed by atoms with van der Waals surface area (Å²) in [6.07, 6.45) is 7.09. The zero-order valence-corrected chi connectivity index (χ0v) is 21.5. The Morgan fingerprint density at radius 3 is 2.51 bits per heavy atom. The molecule has 9 heteroatoms. The van der Waals surface area contributed by atoms with Crippen LogP contribution in [0.25, 0.3) is 22.5 Å². The molecule has 196 valence electrons. The molecule has 1 aromatic heterocycles. The smallest absolute Gasteiger partial charge is 0.270 e. The van der Waals surface area contributed by atoms with Gasteiger partial charge in [-0.25, -0.2) is 4.98 Å². The lowest BCUT2D eigenvalue weighted by Crippen LogP contribution is -2.29. The Morgan fingerprint density at radius 1 is 1.03 bits per heavy atom. The maximum Gasteiger partial charge on any atom is 0.270 e. The molecule has 0 aliphatic carbocycles. The van der Waals surface area contributed by atoms with Crippen molar-refractivity contribution in [3.8, 4) is 11.3 Å². The van der Waals surface area contributed by atoms with Gasteiger partial charge in [-0.05, 0) is 62.1 Å². The molecule has 0 saturated carbocycles. The maximum atomic E-state index is 13.4. The highest BCUT2D eigenvalue weighted by molar-refractivity contribution is 6.37. The largest absolute Gasteiger partial charge is 0.372 e. The van der Waals surface area contributed by atoms with Gasteiger partial charge in [0.15, 0.2) is 0 Å². The highest BCUT2D eigenvalue weighted by Gasteiger charge is 2.31. The van der Waals surface area contributed by atoms with Gasteiger partial charge in [0.25, 0.3) is 11.6 Å². The standard InChI is InChI=1S/C30H28N6O3/c1-19-15-22(35-13-3-2-4-14-35)9-11-24(19)29(33-21-7-5-20(6-8-21)27-17-31-18-32-27)28-25-16-23(36(38)39)10-12-26(25)34-30(28)37/h5-12,15-18,33H,2-4,13-14H2,1H3,(H,31,32)(H,34,37). The van der Waals surface area contributed by atoms with Crippen LogP contribution in [0.1, 0.15) is 36.0 Å². The van der Waals surface area contributed by atoms with E-state index in [0.717, 1.165) is 46.8 Å². The van der Waals surface area contributed by atoms with E-state index in [4.69, 9.17) is 0 Å². The van der Waals surface area contributed by atoms with Crippen LogP contribution >= 0.6 is 0 Å². The molecule has 0 atom stereocenters. The summed E-state index contributed by atoms with van der Waals surface area (Å²) in [5.41, 5.74) is 7.56. The van der Waals surface area contributed by atoms with Crippen molar-refractivity contribution in [3.63, 3.8) is 0 Å². The number of H-pyrrole nitrogens is 1. The fourth-order valence-electron chi connectivity index (χ4n) is 5.35. The van der Waals surface area contributed by atoms with E-state index in [1.807, 2.05) is 43.5 Å². The summed E-state index contributed by atoms with van der Waals surface area (Å²) in [5.74, 6) is -0.305. The van der Waals surface area contributed by atoms with Crippen molar-refractivity contribution in [1.29, 1.82) is 0 Å². The van der Waals surface area contributed by atoms with Crippen LogP contribution in [0.15, 0.2) is 73.2 Å². The Hall–Kier alpha value is -4.92. The molecule has 0 unspecified atom stereocenters. The molecule has 1 amide bonds. The van der Waals surface area contributed by atoms with Gasteiger partial charge in [0.2, 0.25) is 0 Å². The highest BCUT2D eigenvalue weighted by atomic mass is 16.6. The normalized spacial score (nSPS) is 16.0. The molecule has 1 saturated heterocycles. The minimum atomic E-state index is -0.444. The number of non-ortho nitro benzene ring substituents is 1. The summed E-state index contributed by atoms with van der Waals surface area (Å²) in [6.45, 7) is 4.10. The lowest BCUT2D eigenvalue weighted by atomic mass is 9.96. The van der Waals surface area contributed by atoms with Crippen LogP contribution in [0, 0.1) is 17.0 Å². The second-order valence-electron chi connectivity index (χ2n) is 9.89. The van der Waals surface area contributed by atoms with E-state index in [1.54, 1.807) is 12.4 Å². The number of imidazole rings is 1. The average molecular weight is 521 g/mol. The van der Waals surface area contributed by atoms with Crippen molar-refractivity contribution < 1.29 is 9.72 Å². The Balaban J connectivity index is 1.46. The molecule has 3 aromatic carbocycles. The molecule has 4 aromatic rings. The van der Waals surface area contributed by atoms with E-state index in [-0.39, 0.29) is 11.6 Å². The second-order valence-corrected chi connectivity index (χ2v) is 9.89.